The van der Waals surface area contributed by atoms with Gasteiger partial charge in [0.2, 0.25) is 0 Å². The number of hydrogen-bond acceptors (Lipinski definition) is 5. The maximum absolute atomic E-state index is 11.5. The molecule has 0 N–H and O–H groups in total. The Morgan fingerprint density at radius 1 is 1.43 bits per heavy atom. The van der Waals surface area contributed by atoms with Crippen LogP contribution in [-0.4, -0.2) is 45.3 Å². The molecule has 2 aliphatic rings. The van der Waals surface area contributed by atoms with E-state index in [0.717, 1.165) is 0 Å². The Bertz CT molecular complexity index is 235. The molecule has 1 aliphatic carbocycles. The summed E-state index contributed by atoms with van der Waals surface area (Å²) in [7, 11) is 3.11. The van der Waals surface area contributed by atoms with Crippen molar-refractivity contribution in [2.24, 2.45) is 5.92 Å². The summed E-state index contributed by atoms with van der Waals surface area (Å²) in [6.45, 7) is 0.256. The molecule has 0 aromatic carbocycles. The lowest BCUT2D eigenvalue weighted by atomic mass is 9.73. The molecule has 2 atom stereocenters. The molecule has 0 aromatic rings. The fraction of sp³-hybridized carbons (Fsp3) is 0.889. The number of carbonyl (C=O) groups excluding carboxylic acids is 1. The van der Waals surface area contributed by atoms with Crippen molar-refractivity contribution in [3.05, 3.63) is 0 Å². The van der Waals surface area contributed by atoms with Crippen molar-refractivity contribution in [1.82, 2.24) is 0 Å². The van der Waals surface area contributed by atoms with Crippen molar-refractivity contribution >= 4 is 5.78 Å². The summed E-state index contributed by atoms with van der Waals surface area (Å²) < 4.78 is 20.8. The Morgan fingerprint density at radius 2 is 2.14 bits per heavy atom. The maximum atomic E-state index is 11.5. The van der Waals surface area contributed by atoms with Gasteiger partial charge in [0, 0.05) is 20.6 Å². The van der Waals surface area contributed by atoms with Gasteiger partial charge >= 0.3 is 0 Å². The zero-order valence-electron chi connectivity index (χ0n) is 8.32. The highest BCUT2D eigenvalue weighted by atomic mass is 16.7. The molecule has 1 heterocycles. The molecule has 0 aromatic heterocycles. The molecule has 1 saturated carbocycles. The second kappa shape index (κ2) is 3.58. The number of methoxy groups -OCH3 is 2. The highest BCUT2D eigenvalue weighted by Crippen LogP contribution is 2.44. The van der Waals surface area contributed by atoms with Crippen molar-refractivity contribution in [2.75, 3.05) is 27.6 Å². The molecule has 2 fully saturated rings. The predicted octanol–water partition coefficient (Wildman–Crippen LogP) is -0.0626. The third-order valence-electron chi connectivity index (χ3n) is 2.98. The molecule has 5 nitrogen and oxygen atoms in total. The quantitative estimate of drug-likeness (QED) is 0.587. The summed E-state index contributed by atoms with van der Waals surface area (Å²) in [5.41, 5.74) is 0. The zero-order chi connectivity index (χ0) is 10.2. The van der Waals surface area contributed by atoms with Crippen molar-refractivity contribution in [3.63, 3.8) is 0 Å². The average Bonchev–Trinajstić information content (AvgIpc) is 2.30. The van der Waals surface area contributed by atoms with Gasteiger partial charge in [-0.25, -0.2) is 0 Å². The van der Waals surface area contributed by atoms with Gasteiger partial charge in [-0.1, -0.05) is 0 Å². The van der Waals surface area contributed by atoms with Gasteiger partial charge in [0.15, 0.2) is 11.6 Å². The minimum absolute atomic E-state index is 0.0669. The smallest absolute Gasteiger partial charge is 0.195 e. The van der Waals surface area contributed by atoms with Gasteiger partial charge in [-0.3, -0.25) is 4.79 Å². The summed E-state index contributed by atoms with van der Waals surface area (Å²) in [5, 5.41) is 0. The van der Waals surface area contributed by atoms with E-state index in [4.69, 9.17) is 18.9 Å². The van der Waals surface area contributed by atoms with Gasteiger partial charge < -0.3 is 18.9 Å². The van der Waals surface area contributed by atoms with Crippen LogP contribution >= 0.6 is 0 Å². The van der Waals surface area contributed by atoms with Crippen LogP contribution in [0.3, 0.4) is 0 Å². The topological polar surface area (TPSA) is 54.0 Å². The number of Topliss-reactive ketones (excluding diaryl/α,β-unsaturated/α-hetero) is 1. The summed E-state index contributed by atoms with van der Waals surface area (Å²) in [6.07, 6.45) is 0.222. The fourth-order valence-electron chi connectivity index (χ4n) is 2.05. The largest absolute Gasteiger partial charge is 0.351 e. The molecule has 1 saturated heterocycles. The molecule has 0 amide bonds. The van der Waals surface area contributed by atoms with Crippen molar-refractivity contribution in [1.29, 1.82) is 0 Å². The molecule has 0 radical (unpaired) electrons. The molecule has 5 heteroatoms. The second-order valence-electron chi connectivity index (χ2n) is 3.55. The molecular weight excluding hydrogens is 188 g/mol. The highest BCUT2D eigenvalue weighted by Gasteiger charge is 2.59. The first-order valence-corrected chi connectivity index (χ1v) is 4.56. The minimum Gasteiger partial charge on any atom is -0.351 e. The molecule has 80 valence electrons. The SMILES string of the molecule is COC1(OC)C[C@@H]2C(=O)COCO[C@@H]21. The lowest BCUT2D eigenvalue weighted by Gasteiger charge is -2.49. The molecule has 0 spiro atoms. The Hall–Kier alpha value is -0.490. The van der Waals surface area contributed by atoms with Crippen LogP contribution < -0.4 is 0 Å². The van der Waals surface area contributed by atoms with Crippen molar-refractivity contribution in [3.8, 4) is 0 Å². The molecule has 0 bridgehead atoms. The van der Waals surface area contributed by atoms with E-state index in [1.807, 2.05) is 0 Å². The van der Waals surface area contributed by atoms with Crippen LogP contribution in [0, 0.1) is 5.92 Å². The number of rotatable bonds is 2. The van der Waals surface area contributed by atoms with Gasteiger partial charge in [0.1, 0.15) is 19.5 Å². The standard InChI is InChI=1S/C9H14O5/c1-11-9(12-2)3-6-7(10)4-13-5-14-8(6)9/h6,8H,3-5H2,1-2H3/t6-,8+/m1/s1. The third kappa shape index (κ3) is 1.28. The predicted molar refractivity (Wildman–Crippen MR) is 45.6 cm³/mol. The van der Waals surface area contributed by atoms with E-state index < -0.39 is 5.79 Å². The molecule has 2 rings (SSSR count). The number of ether oxygens (including phenoxy) is 4. The monoisotopic (exact) mass is 202 g/mol. The van der Waals surface area contributed by atoms with Crippen LogP contribution in [-0.2, 0) is 23.7 Å². The van der Waals surface area contributed by atoms with Gasteiger partial charge in [-0.15, -0.1) is 0 Å². The molecule has 14 heavy (non-hydrogen) atoms. The summed E-state index contributed by atoms with van der Waals surface area (Å²) in [6, 6.07) is 0. The second-order valence-corrected chi connectivity index (χ2v) is 3.55. The highest BCUT2D eigenvalue weighted by molar-refractivity contribution is 5.84. The first kappa shape index (κ1) is 10.0. The van der Waals surface area contributed by atoms with Gasteiger partial charge in [0.25, 0.3) is 0 Å². The van der Waals surface area contributed by atoms with Crippen LogP contribution in [0.2, 0.25) is 0 Å². The lowest BCUT2D eigenvalue weighted by molar-refractivity contribution is -0.337. The fourth-order valence-corrected chi connectivity index (χ4v) is 2.05. The summed E-state index contributed by atoms with van der Waals surface area (Å²) >= 11 is 0. The number of ketones is 1. The van der Waals surface area contributed by atoms with Crippen molar-refractivity contribution in [2.45, 2.75) is 18.3 Å². The van der Waals surface area contributed by atoms with Crippen LogP contribution in [0.1, 0.15) is 6.42 Å². The number of hydrogen-bond donors (Lipinski definition) is 0. The van der Waals surface area contributed by atoms with E-state index in [-0.39, 0.29) is 31.2 Å². The summed E-state index contributed by atoms with van der Waals surface area (Å²) in [5.74, 6) is -0.830. The van der Waals surface area contributed by atoms with Gasteiger partial charge in [0.05, 0.1) is 5.92 Å². The first-order valence-electron chi connectivity index (χ1n) is 4.56. The van der Waals surface area contributed by atoms with Crippen molar-refractivity contribution < 1.29 is 23.7 Å². The van der Waals surface area contributed by atoms with Crippen LogP contribution in [0.4, 0.5) is 0 Å². The van der Waals surface area contributed by atoms with E-state index in [2.05, 4.69) is 0 Å². The van der Waals surface area contributed by atoms with Gasteiger partial charge in [-0.05, 0) is 0 Å². The third-order valence-corrected chi connectivity index (χ3v) is 2.98. The Kier molecular flexibility index (Phi) is 2.57. The average molecular weight is 202 g/mol. The molecule has 1 aliphatic heterocycles. The maximum Gasteiger partial charge on any atom is 0.195 e. The number of fused-ring (bicyclic) bond motifs is 1. The van der Waals surface area contributed by atoms with E-state index in [9.17, 15) is 4.79 Å². The summed E-state index contributed by atoms with van der Waals surface area (Å²) in [4.78, 5) is 11.5. The Morgan fingerprint density at radius 3 is 2.79 bits per heavy atom. The number of carbonyl (C=O) groups is 1. The van der Waals surface area contributed by atoms with E-state index in [1.165, 1.54) is 0 Å². The van der Waals surface area contributed by atoms with Gasteiger partial charge in [-0.2, -0.15) is 0 Å². The first-order chi connectivity index (χ1) is 6.73. The van der Waals surface area contributed by atoms with Crippen LogP contribution in [0.15, 0.2) is 0 Å². The van der Waals surface area contributed by atoms with Crippen LogP contribution in [0.5, 0.6) is 0 Å². The van der Waals surface area contributed by atoms with E-state index >= 15 is 0 Å². The molecular formula is C9H14O5. The zero-order valence-corrected chi connectivity index (χ0v) is 8.32. The normalized spacial score (nSPS) is 35.7. The van der Waals surface area contributed by atoms with E-state index in [0.29, 0.717) is 6.42 Å². The van der Waals surface area contributed by atoms with E-state index in [1.54, 1.807) is 14.2 Å². The van der Waals surface area contributed by atoms with Crippen LogP contribution in [0.25, 0.3) is 0 Å². The Balaban J connectivity index is 2.12. The lowest BCUT2D eigenvalue weighted by Crippen LogP contribution is -2.63. The minimum atomic E-state index is -0.756. The Labute approximate surface area is 82.3 Å². The molecule has 0 unspecified atom stereocenters.